The number of cyclic esters (lactones) is 1. The van der Waals surface area contributed by atoms with Crippen LogP contribution in [0.2, 0.25) is 0 Å². The van der Waals surface area contributed by atoms with E-state index in [1.807, 2.05) is 32.2 Å². The van der Waals surface area contributed by atoms with Gasteiger partial charge in [0.15, 0.2) is 0 Å². The molecule has 0 spiro atoms. The lowest BCUT2D eigenvalue weighted by atomic mass is 9.84. The first-order valence-electron chi connectivity index (χ1n) is 23.6. The van der Waals surface area contributed by atoms with E-state index >= 15 is 0 Å². The SMILES string of the molecule is CCn1c(-c2cccnc2[C@H](C)OC)c2c3cc(ccc31)-c1csc(n1)C[C@H](NC(=O)C(C(C)C)N(C)C(=O)N1CC[C@@H](N(C)C(=O)[C@@H]3CN3)C1)C(=O)N1CCC[C@H](N1)C(=O)OCC(C)(C)C2. The minimum absolute atomic E-state index is 0.0173. The van der Waals surface area contributed by atoms with Crippen molar-refractivity contribution in [2.75, 3.05) is 54.0 Å². The number of thiazole rings is 1. The number of hydrogen-bond acceptors (Lipinski definition) is 12. The second-order valence-electron chi connectivity index (χ2n) is 19.7. The smallest absolute Gasteiger partial charge is 0.324 e. The highest BCUT2D eigenvalue weighted by Crippen LogP contribution is 2.42. The van der Waals surface area contributed by atoms with Crippen molar-refractivity contribution < 1.29 is 33.4 Å². The molecule has 6 atom stereocenters. The first kappa shape index (κ1) is 48.0. The number of nitrogens with zero attached hydrogens (tertiary/aromatic N) is 7. The summed E-state index contributed by atoms with van der Waals surface area (Å²) in [6, 6.07) is 7.02. The summed E-state index contributed by atoms with van der Waals surface area (Å²) < 4.78 is 14.2. The Balaban J connectivity index is 1.13. The Kier molecular flexibility index (Phi) is 14.1. The van der Waals surface area contributed by atoms with E-state index < -0.39 is 41.3 Å². The predicted molar refractivity (Wildman–Crippen MR) is 256 cm³/mol. The third-order valence-electron chi connectivity index (χ3n) is 13.8. The highest BCUT2D eigenvalue weighted by molar-refractivity contribution is 7.10. The molecule has 0 saturated carbocycles. The molecule has 3 fully saturated rings. The summed E-state index contributed by atoms with van der Waals surface area (Å²) in [7, 11) is 5.07. The van der Waals surface area contributed by atoms with Gasteiger partial charge in [0.25, 0.3) is 5.91 Å². The number of fused-ring (bicyclic) bond motifs is 6. The highest BCUT2D eigenvalue weighted by atomic mass is 32.1. The van der Waals surface area contributed by atoms with E-state index in [2.05, 4.69) is 65.7 Å². The number of benzene rings is 1. The van der Waals surface area contributed by atoms with Crippen LogP contribution in [0, 0.1) is 11.3 Å². The second-order valence-corrected chi connectivity index (χ2v) is 20.6. The van der Waals surface area contributed by atoms with Crippen LogP contribution in [0.5, 0.6) is 0 Å². The topological polar surface area (TPSA) is 193 Å². The molecule has 67 heavy (non-hydrogen) atoms. The Hall–Kier alpha value is -5.43. The monoisotopic (exact) mass is 938 g/mol. The van der Waals surface area contributed by atoms with Crippen molar-refractivity contribution in [2.24, 2.45) is 11.3 Å². The van der Waals surface area contributed by atoms with Gasteiger partial charge in [0.1, 0.15) is 18.1 Å². The number of aromatic nitrogens is 3. The maximum atomic E-state index is 14.7. The van der Waals surface area contributed by atoms with Crippen LogP contribution in [-0.4, -0.2) is 148 Å². The van der Waals surface area contributed by atoms with Gasteiger partial charge >= 0.3 is 12.0 Å². The van der Waals surface area contributed by atoms with Gasteiger partial charge in [0.2, 0.25) is 11.8 Å². The molecule has 3 aromatic heterocycles. The Labute approximate surface area is 396 Å². The molecule has 0 aliphatic carbocycles. The van der Waals surface area contributed by atoms with E-state index in [0.717, 1.165) is 44.7 Å². The van der Waals surface area contributed by atoms with Crippen molar-refractivity contribution in [3.63, 3.8) is 0 Å². The van der Waals surface area contributed by atoms with E-state index in [4.69, 9.17) is 19.4 Å². The zero-order valence-corrected chi connectivity index (χ0v) is 41.1. The fourth-order valence-electron chi connectivity index (χ4n) is 9.98. The van der Waals surface area contributed by atoms with E-state index in [0.29, 0.717) is 63.4 Å². The molecule has 4 aliphatic heterocycles. The number of ether oxygens (including phenoxy) is 2. The quantitative estimate of drug-likeness (QED) is 0.146. The van der Waals surface area contributed by atoms with Crippen LogP contribution < -0.4 is 16.1 Å². The van der Waals surface area contributed by atoms with Crippen LogP contribution in [0.15, 0.2) is 41.9 Å². The first-order valence-corrected chi connectivity index (χ1v) is 24.5. The number of methoxy groups -OCH3 is 1. The van der Waals surface area contributed by atoms with Gasteiger partial charge in [-0.3, -0.25) is 29.2 Å². The Morgan fingerprint density at radius 2 is 1.88 bits per heavy atom. The number of hydrogen-bond donors (Lipinski definition) is 3. The van der Waals surface area contributed by atoms with Gasteiger partial charge in [0.05, 0.1) is 46.9 Å². The third kappa shape index (κ3) is 9.94. The van der Waals surface area contributed by atoms with Crippen LogP contribution in [0.3, 0.4) is 0 Å². The van der Waals surface area contributed by atoms with Crippen molar-refractivity contribution in [1.29, 1.82) is 0 Å². The Morgan fingerprint density at radius 3 is 2.60 bits per heavy atom. The number of amides is 5. The molecule has 3 N–H and O–H groups in total. The number of esters is 1. The van der Waals surface area contributed by atoms with Crippen molar-refractivity contribution in [3.05, 3.63) is 58.2 Å². The number of aryl methyl sites for hydroxylation is 1. The summed E-state index contributed by atoms with van der Waals surface area (Å²) >= 11 is 1.41. The number of pyridine rings is 1. The van der Waals surface area contributed by atoms with Crippen molar-refractivity contribution in [3.8, 4) is 22.5 Å². The highest BCUT2D eigenvalue weighted by Gasteiger charge is 2.42. The summed E-state index contributed by atoms with van der Waals surface area (Å²) in [5.74, 6) is -1.65. The van der Waals surface area contributed by atoms with Gasteiger partial charge in [-0.15, -0.1) is 11.3 Å². The standard InChI is InChI=1S/C49H66N10O7S/c1-10-58-39-16-15-30-21-33(39)34(43(58)32-13-11-18-50-41(32)29(4)65-9)23-49(5,6)27-66-47(63)35-14-12-19-59(54-35)46(62)36(22-40-52-38(30)26-67-40)53-44(60)42(28(2)3)56(8)48(64)57-20-17-31(25-57)55(7)45(61)37-24-51-37/h11,13,15-16,18,21,26,28-29,31,35-37,42,51,54H,10,12,14,17,19-20,22-25,27H2,1-9H3,(H,53,60)/t29-,31+,35-,36-,37-,42?/m0/s1. The average molecular weight is 939 g/mol. The minimum Gasteiger partial charge on any atom is -0.464 e. The maximum absolute atomic E-state index is 14.7. The molecule has 360 valence electrons. The molecule has 17 nitrogen and oxygen atoms in total. The lowest BCUT2D eigenvalue weighted by molar-refractivity contribution is -0.155. The van der Waals surface area contributed by atoms with Crippen molar-refractivity contribution >= 4 is 52.0 Å². The van der Waals surface area contributed by atoms with E-state index in [9.17, 15) is 24.0 Å². The molecule has 3 saturated heterocycles. The molecule has 6 bridgehead atoms. The molecule has 18 heteroatoms. The fraction of sp³-hybridized carbons (Fsp3) is 0.571. The van der Waals surface area contributed by atoms with Crippen molar-refractivity contribution in [1.82, 2.24) is 50.3 Å². The zero-order chi connectivity index (χ0) is 47.9. The van der Waals surface area contributed by atoms with Crippen molar-refractivity contribution in [2.45, 2.75) is 117 Å². The number of likely N-dealkylation sites (N-methyl/N-ethyl adjacent to an activating group) is 2. The Bertz CT molecular complexity index is 2520. The number of nitrogens with one attached hydrogen (secondary N) is 3. The molecule has 0 radical (unpaired) electrons. The molecule has 1 unspecified atom stereocenters. The van der Waals surface area contributed by atoms with Gasteiger partial charge in [-0.05, 0) is 75.3 Å². The Morgan fingerprint density at radius 1 is 1.10 bits per heavy atom. The minimum atomic E-state index is -1.08. The normalized spacial score (nSPS) is 22.8. The average Bonchev–Trinajstić information content (AvgIpc) is 3.72. The van der Waals surface area contributed by atoms with Crippen LogP contribution in [0.4, 0.5) is 4.79 Å². The number of likely N-dealkylation sites (tertiary alicyclic amines) is 1. The maximum Gasteiger partial charge on any atom is 0.324 e. The number of rotatable bonds is 10. The van der Waals surface area contributed by atoms with Crippen LogP contribution in [0.25, 0.3) is 33.4 Å². The van der Waals surface area contributed by atoms with Gasteiger partial charge in [-0.2, -0.15) is 0 Å². The van der Waals surface area contributed by atoms with Gasteiger partial charge in [-0.25, -0.2) is 15.2 Å². The van der Waals surface area contributed by atoms with E-state index in [1.54, 1.807) is 37.2 Å². The third-order valence-corrected chi connectivity index (χ3v) is 14.7. The summed E-state index contributed by atoms with van der Waals surface area (Å²) in [4.78, 5) is 84.7. The van der Waals surface area contributed by atoms with Crippen LogP contribution in [0.1, 0.15) is 83.2 Å². The molecule has 5 amide bonds. The van der Waals surface area contributed by atoms with Crippen LogP contribution >= 0.6 is 11.3 Å². The lowest BCUT2D eigenvalue weighted by Crippen LogP contribution is -2.62. The molecule has 8 rings (SSSR count). The van der Waals surface area contributed by atoms with Gasteiger partial charge in [0, 0.05) is 99.4 Å². The molecular formula is C49H66N10O7S. The van der Waals surface area contributed by atoms with E-state index in [-0.39, 0.29) is 49.1 Å². The number of urea groups is 1. The number of carbonyl (C=O) groups is 5. The first-order chi connectivity index (χ1) is 32.0. The molecule has 7 heterocycles. The fourth-order valence-corrected chi connectivity index (χ4v) is 10.8. The summed E-state index contributed by atoms with van der Waals surface area (Å²) in [5, 5.41) is 11.2. The second kappa shape index (κ2) is 19.7. The lowest BCUT2D eigenvalue weighted by Gasteiger charge is -2.37. The van der Waals surface area contributed by atoms with Gasteiger partial charge in [-0.1, -0.05) is 33.8 Å². The van der Waals surface area contributed by atoms with E-state index in [1.165, 1.54) is 21.2 Å². The molecule has 1 aromatic carbocycles. The molecular weight excluding hydrogens is 873 g/mol. The largest absolute Gasteiger partial charge is 0.464 e. The molecule has 4 aromatic rings. The predicted octanol–water partition coefficient (Wildman–Crippen LogP) is 4.78. The van der Waals surface area contributed by atoms with Crippen LogP contribution in [-0.2, 0) is 48.0 Å². The number of carbonyl (C=O) groups excluding carboxylic acids is 5. The summed E-state index contributed by atoms with van der Waals surface area (Å²) in [6.07, 6.45) is 3.83. The summed E-state index contributed by atoms with van der Waals surface area (Å²) in [5.41, 5.74) is 9.28. The number of hydrazine groups is 1. The summed E-state index contributed by atoms with van der Waals surface area (Å²) in [6.45, 7) is 14.7. The zero-order valence-electron chi connectivity index (χ0n) is 40.3. The van der Waals surface area contributed by atoms with Gasteiger partial charge < -0.3 is 39.4 Å². The molecule has 4 aliphatic rings.